The summed E-state index contributed by atoms with van der Waals surface area (Å²) in [5, 5.41) is 0. The van der Waals surface area contributed by atoms with Gasteiger partial charge in [-0.25, -0.2) is 4.39 Å². The van der Waals surface area contributed by atoms with Gasteiger partial charge in [-0.1, -0.05) is 70.1 Å². The number of halogens is 1. The van der Waals surface area contributed by atoms with Crippen molar-refractivity contribution in [1.29, 1.82) is 0 Å². The fourth-order valence-corrected chi connectivity index (χ4v) is 2.52. The van der Waals surface area contributed by atoms with Crippen molar-refractivity contribution in [2.45, 2.75) is 70.8 Å². The van der Waals surface area contributed by atoms with Crippen LogP contribution in [-0.4, -0.2) is 6.04 Å². The highest BCUT2D eigenvalue weighted by Crippen LogP contribution is 2.14. The molecule has 0 spiro atoms. The van der Waals surface area contributed by atoms with Crippen LogP contribution in [0.1, 0.15) is 63.9 Å². The molecule has 0 bridgehead atoms. The standard InChI is InChI=1S/C17H29FN2/c1-2-3-4-5-6-7-8-12-16(20-19)14-15-11-9-10-13-17(15)18/h9-11,13,16,20H,2-8,12,14,19H2,1H3. The highest BCUT2D eigenvalue weighted by molar-refractivity contribution is 5.18. The fourth-order valence-electron chi connectivity index (χ4n) is 2.52. The monoisotopic (exact) mass is 280 g/mol. The maximum atomic E-state index is 13.6. The molecule has 3 N–H and O–H groups in total. The van der Waals surface area contributed by atoms with Gasteiger partial charge in [0.05, 0.1) is 0 Å². The number of benzene rings is 1. The van der Waals surface area contributed by atoms with Crippen molar-refractivity contribution in [3.63, 3.8) is 0 Å². The van der Waals surface area contributed by atoms with E-state index in [1.165, 1.54) is 44.6 Å². The molecular formula is C17H29FN2. The zero-order valence-corrected chi connectivity index (χ0v) is 12.7. The quantitative estimate of drug-likeness (QED) is 0.359. The predicted molar refractivity (Wildman–Crippen MR) is 83.8 cm³/mol. The average molecular weight is 280 g/mol. The second-order valence-corrected chi connectivity index (χ2v) is 5.57. The molecule has 1 rings (SSSR count). The van der Waals surface area contributed by atoms with Gasteiger partial charge in [0.1, 0.15) is 5.82 Å². The number of nitrogens with two attached hydrogens (primary N) is 1. The summed E-state index contributed by atoms with van der Waals surface area (Å²) in [6, 6.07) is 7.11. The highest BCUT2D eigenvalue weighted by Gasteiger charge is 2.10. The summed E-state index contributed by atoms with van der Waals surface area (Å²) in [7, 11) is 0. The van der Waals surface area contributed by atoms with Crippen LogP contribution in [0.4, 0.5) is 4.39 Å². The molecule has 0 amide bonds. The lowest BCUT2D eigenvalue weighted by Crippen LogP contribution is -2.36. The van der Waals surface area contributed by atoms with Crippen LogP contribution in [0.25, 0.3) is 0 Å². The van der Waals surface area contributed by atoms with Crippen molar-refractivity contribution < 1.29 is 4.39 Å². The van der Waals surface area contributed by atoms with Gasteiger partial charge in [0.2, 0.25) is 0 Å². The minimum Gasteiger partial charge on any atom is -0.271 e. The van der Waals surface area contributed by atoms with E-state index in [1.807, 2.05) is 12.1 Å². The first-order valence-electron chi connectivity index (χ1n) is 7.97. The minimum atomic E-state index is -0.132. The van der Waals surface area contributed by atoms with E-state index in [2.05, 4.69) is 12.3 Å². The van der Waals surface area contributed by atoms with E-state index < -0.39 is 0 Å². The summed E-state index contributed by atoms with van der Waals surface area (Å²) in [6.07, 6.45) is 10.7. The Morgan fingerprint density at radius 1 is 1.05 bits per heavy atom. The van der Waals surface area contributed by atoms with Crippen molar-refractivity contribution in [3.8, 4) is 0 Å². The van der Waals surface area contributed by atoms with Crippen molar-refractivity contribution in [1.82, 2.24) is 5.43 Å². The molecule has 1 aromatic carbocycles. The number of hydrazine groups is 1. The summed E-state index contributed by atoms with van der Waals surface area (Å²) in [4.78, 5) is 0. The molecule has 1 unspecified atom stereocenters. The smallest absolute Gasteiger partial charge is 0.126 e. The molecule has 0 fully saturated rings. The third kappa shape index (κ3) is 7.01. The first-order chi connectivity index (χ1) is 9.77. The lowest BCUT2D eigenvalue weighted by atomic mass is 9.99. The second kappa shape index (κ2) is 10.8. The van der Waals surface area contributed by atoms with E-state index in [0.29, 0.717) is 6.42 Å². The van der Waals surface area contributed by atoms with E-state index in [0.717, 1.165) is 18.4 Å². The molecule has 2 nitrogen and oxygen atoms in total. The van der Waals surface area contributed by atoms with Gasteiger partial charge in [0, 0.05) is 6.04 Å². The molecule has 1 atom stereocenters. The Balaban J connectivity index is 2.18. The number of unbranched alkanes of at least 4 members (excludes halogenated alkanes) is 6. The zero-order valence-electron chi connectivity index (χ0n) is 12.7. The maximum Gasteiger partial charge on any atom is 0.126 e. The molecule has 20 heavy (non-hydrogen) atoms. The molecule has 0 aliphatic rings. The number of hydrogen-bond acceptors (Lipinski definition) is 2. The Morgan fingerprint density at radius 3 is 2.35 bits per heavy atom. The minimum absolute atomic E-state index is 0.132. The van der Waals surface area contributed by atoms with Crippen molar-refractivity contribution in [2.24, 2.45) is 5.84 Å². The first kappa shape index (κ1) is 17.1. The SMILES string of the molecule is CCCCCCCCCC(Cc1ccccc1F)NN. The lowest BCUT2D eigenvalue weighted by Gasteiger charge is -2.16. The van der Waals surface area contributed by atoms with Crippen LogP contribution in [0.2, 0.25) is 0 Å². The first-order valence-corrected chi connectivity index (χ1v) is 7.97. The summed E-state index contributed by atoms with van der Waals surface area (Å²) in [5.41, 5.74) is 3.57. The third-order valence-electron chi connectivity index (χ3n) is 3.82. The molecule has 0 aromatic heterocycles. The van der Waals surface area contributed by atoms with Gasteiger partial charge in [0.25, 0.3) is 0 Å². The Kier molecular flexibility index (Phi) is 9.25. The van der Waals surface area contributed by atoms with Gasteiger partial charge in [-0.05, 0) is 24.5 Å². The number of hydrogen-bond donors (Lipinski definition) is 2. The van der Waals surface area contributed by atoms with Crippen LogP contribution < -0.4 is 11.3 Å². The van der Waals surface area contributed by atoms with Crippen molar-refractivity contribution >= 4 is 0 Å². The molecular weight excluding hydrogens is 251 g/mol. The molecule has 114 valence electrons. The van der Waals surface area contributed by atoms with Gasteiger partial charge in [0.15, 0.2) is 0 Å². The second-order valence-electron chi connectivity index (χ2n) is 5.57. The van der Waals surface area contributed by atoms with Gasteiger partial charge in [-0.3, -0.25) is 11.3 Å². The fraction of sp³-hybridized carbons (Fsp3) is 0.647. The molecule has 0 aliphatic carbocycles. The third-order valence-corrected chi connectivity index (χ3v) is 3.82. The molecule has 0 aliphatic heterocycles. The number of rotatable bonds is 11. The van der Waals surface area contributed by atoms with Crippen LogP contribution in [0.15, 0.2) is 24.3 Å². The van der Waals surface area contributed by atoms with Gasteiger partial charge < -0.3 is 0 Å². The molecule has 0 heterocycles. The molecule has 0 saturated carbocycles. The van der Waals surface area contributed by atoms with Gasteiger partial charge in [-0.2, -0.15) is 0 Å². The van der Waals surface area contributed by atoms with Gasteiger partial charge in [-0.15, -0.1) is 0 Å². The van der Waals surface area contributed by atoms with E-state index in [-0.39, 0.29) is 11.9 Å². The topological polar surface area (TPSA) is 38.0 Å². The van der Waals surface area contributed by atoms with Crippen molar-refractivity contribution in [3.05, 3.63) is 35.6 Å². The highest BCUT2D eigenvalue weighted by atomic mass is 19.1. The van der Waals surface area contributed by atoms with Crippen LogP contribution >= 0.6 is 0 Å². The molecule has 3 heteroatoms. The Hall–Kier alpha value is -0.930. The van der Waals surface area contributed by atoms with E-state index >= 15 is 0 Å². The molecule has 0 saturated heterocycles. The molecule has 0 radical (unpaired) electrons. The summed E-state index contributed by atoms with van der Waals surface area (Å²) < 4.78 is 13.6. The van der Waals surface area contributed by atoms with E-state index in [9.17, 15) is 4.39 Å². The van der Waals surface area contributed by atoms with Crippen LogP contribution in [0.5, 0.6) is 0 Å². The summed E-state index contributed by atoms with van der Waals surface area (Å²) in [6.45, 7) is 2.24. The Labute approximate surface area is 122 Å². The Morgan fingerprint density at radius 2 is 1.70 bits per heavy atom. The normalized spacial score (nSPS) is 12.6. The zero-order chi connectivity index (χ0) is 14.6. The molecule has 1 aromatic rings. The maximum absolute atomic E-state index is 13.6. The van der Waals surface area contributed by atoms with Crippen LogP contribution in [0, 0.1) is 5.82 Å². The van der Waals surface area contributed by atoms with E-state index in [1.54, 1.807) is 6.07 Å². The van der Waals surface area contributed by atoms with Crippen molar-refractivity contribution in [2.75, 3.05) is 0 Å². The Bertz CT molecular complexity index is 355. The lowest BCUT2D eigenvalue weighted by molar-refractivity contribution is 0.451. The van der Waals surface area contributed by atoms with Crippen LogP contribution in [-0.2, 0) is 6.42 Å². The number of nitrogens with one attached hydrogen (secondary N) is 1. The van der Waals surface area contributed by atoms with E-state index in [4.69, 9.17) is 5.84 Å². The predicted octanol–water partition coefficient (Wildman–Crippen LogP) is 4.34. The average Bonchev–Trinajstić information content (AvgIpc) is 2.47. The summed E-state index contributed by atoms with van der Waals surface area (Å²) in [5.74, 6) is 5.45. The van der Waals surface area contributed by atoms with Crippen LogP contribution in [0.3, 0.4) is 0 Å². The van der Waals surface area contributed by atoms with Gasteiger partial charge >= 0.3 is 0 Å². The largest absolute Gasteiger partial charge is 0.271 e. The summed E-state index contributed by atoms with van der Waals surface area (Å²) >= 11 is 0.